The van der Waals surface area contributed by atoms with Crippen LogP contribution in [0.15, 0.2) is 18.5 Å². The van der Waals surface area contributed by atoms with E-state index in [9.17, 15) is 4.79 Å². The average molecular weight is 456 g/mol. The smallest absolute Gasteiger partial charge is 0.292 e. The van der Waals surface area contributed by atoms with Gasteiger partial charge in [0.25, 0.3) is 6.47 Å². The highest BCUT2D eigenvalue weighted by molar-refractivity contribution is 5.70. The molecule has 6 nitrogen and oxygen atoms in total. The Labute approximate surface area is 199 Å². The van der Waals surface area contributed by atoms with Crippen LogP contribution in [-0.2, 0) is 20.7 Å². The second-order valence-electron chi connectivity index (χ2n) is 10.4. The molecule has 182 valence electrons. The SMILES string of the molecule is CCc1cncc(C2=CCC3C(CCC=O)C(C4(C)CCCN4C)CCC23C)n1.COC=O. The van der Waals surface area contributed by atoms with E-state index in [2.05, 4.69) is 48.5 Å². The topological polar surface area (TPSA) is 72.4 Å². The second-order valence-corrected chi connectivity index (χ2v) is 10.4. The number of methoxy groups -OCH3 is 1. The van der Waals surface area contributed by atoms with Crippen LogP contribution >= 0.6 is 0 Å². The molecule has 0 aromatic carbocycles. The van der Waals surface area contributed by atoms with Gasteiger partial charge in [-0.05, 0) is 94.2 Å². The third-order valence-corrected chi connectivity index (χ3v) is 8.90. The first kappa shape index (κ1) is 25.5. The number of carbonyl (C=O) groups excluding carboxylic acids is 2. The third-order valence-electron chi connectivity index (χ3n) is 8.90. The standard InChI is InChI=1S/C25H37N3O.C2H4O2/c1-5-18-16-26-17-23(27-18)22-10-9-20-19(8-6-15-29)21(11-13-24(20,22)2)25(3)12-7-14-28(25)4;1-4-2-3/h10,15-17,19-21H,5-9,11-14H2,1-4H3;2H,1H3. The highest BCUT2D eigenvalue weighted by atomic mass is 16.5. The number of carbonyl (C=O) groups is 2. The summed E-state index contributed by atoms with van der Waals surface area (Å²) in [5.74, 6) is 1.88. The third kappa shape index (κ3) is 4.91. The van der Waals surface area contributed by atoms with Gasteiger partial charge in [0.15, 0.2) is 0 Å². The van der Waals surface area contributed by atoms with Gasteiger partial charge in [0.2, 0.25) is 0 Å². The molecule has 5 atom stereocenters. The predicted octanol–water partition coefficient (Wildman–Crippen LogP) is 4.73. The Morgan fingerprint density at radius 1 is 1.21 bits per heavy atom. The fraction of sp³-hybridized carbons (Fsp3) is 0.704. The molecule has 2 aliphatic carbocycles. The van der Waals surface area contributed by atoms with Crippen LogP contribution in [0, 0.1) is 23.2 Å². The highest BCUT2D eigenvalue weighted by Crippen LogP contribution is 2.62. The lowest BCUT2D eigenvalue weighted by Crippen LogP contribution is -2.53. The van der Waals surface area contributed by atoms with Crippen LogP contribution in [0.5, 0.6) is 0 Å². The van der Waals surface area contributed by atoms with Gasteiger partial charge in [-0.15, -0.1) is 0 Å². The maximum atomic E-state index is 11.3. The van der Waals surface area contributed by atoms with E-state index in [1.54, 1.807) is 0 Å². The monoisotopic (exact) mass is 455 g/mol. The number of aromatic nitrogens is 2. The Balaban J connectivity index is 0.000000709. The van der Waals surface area contributed by atoms with E-state index < -0.39 is 0 Å². The Morgan fingerprint density at radius 2 is 1.97 bits per heavy atom. The zero-order valence-corrected chi connectivity index (χ0v) is 21.0. The number of hydrogen-bond donors (Lipinski definition) is 0. The number of ether oxygens (including phenoxy) is 1. The summed E-state index contributed by atoms with van der Waals surface area (Å²) in [6.45, 7) is 8.67. The fourth-order valence-electron chi connectivity index (χ4n) is 6.98. The zero-order chi connectivity index (χ0) is 24.1. The Morgan fingerprint density at radius 3 is 2.58 bits per heavy atom. The Hall–Kier alpha value is -2.08. The Bertz CT molecular complexity index is 857. The summed E-state index contributed by atoms with van der Waals surface area (Å²) in [6, 6.07) is 0. The largest absolute Gasteiger partial charge is 0.471 e. The zero-order valence-electron chi connectivity index (χ0n) is 21.0. The number of nitrogens with zero attached hydrogens (tertiary/aromatic N) is 3. The maximum Gasteiger partial charge on any atom is 0.292 e. The number of hydrogen-bond acceptors (Lipinski definition) is 6. The summed E-state index contributed by atoms with van der Waals surface area (Å²) in [6.07, 6.45) is 16.2. The van der Waals surface area contributed by atoms with Crippen molar-refractivity contribution >= 4 is 18.3 Å². The number of fused-ring (bicyclic) bond motifs is 1. The van der Waals surface area contributed by atoms with Crippen LogP contribution in [0.25, 0.3) is 5.57 Å². The molecular weight excluding hydrogens is 414 g/mol. The molecule has 5 unspecified atom stereocenters. The number of rotatable bonds is 7. The van der Waals surface area contributed by atoms with Crippen LogP contribution in [-0.4, -0.2) is 53.9 Å². The van der Waals surface area contributed by atoms with Gasteiger partial charge in [0, 0.05) is 18.2 Å². The van der Waals surface area contributed by atoms with Gasteiger partial charge < -0.3 is 14.4 Å². The molecule has 0 bridgehead atoms. The summed E-state index contributed by atoms with van der Waals surface area (Å²) in [5, 5.41) is 0. The molecule has 2 fully saturated rings. The minimum atomic E-state index is 0.151. The summed E-state index contributed by atoms with van der Waals surface area (Å²) in [7, 11) is 3.62. The number of aldehydes is 1. The summed E-state index contributed by atoms with van der Waals surface area (Å²) in [4.78, 5) is 32.3. The van der Waals surface area contributed by atoms with Gasteiger partial charge in [-0.3, -0.25) is 9.78 Å². The summed E-state index contributed by atoms with van der Waals surface area (Å²) >= 11 is 0. The van der Waals surface area contributed by atoms with E-state index in [0.29, 0.717) is 30.6 Å². The maximum absolute atomic E-state index is 11.3. The molecule has 2 heterocycles. The minimum Gasteiger partial charge on any atom is -0.471 e. The van der Waals surface area contributed by atoms with Gasteiger partial charge >= 0.3 is 0 Å². The van der Waals surface area contributed by atoms with Crippen molar-refractivity contribution in [1.29, 1.82) is 0 Å². The van der Waals surface area contributed by atoms with E-state index in [1.807, 2.05) is 12.4 Å². The molecule has 3 aliphatic rings. The number of aryl methyl sites for hydroxylation is 1. The van der Waals surface area contributed by atoms with Crippen molar-refractivity contribution in [2.75, 3.05) is 20.7 Å². The molecule has 1 aromatic heterocycles. The lowest BCUT2D eigenvalue weighted by molar-refractivity contribution is -0.126. The number of allylic oxidation sites excluding steroid dienone is 2. The van der Waals surface area contributed by atoms with Gasteiger partial charge in [0.05, 0.1) is 24.7 Å². The first-order valence-corrected chi connectivity index (χ1v) is 12.5. The van der Waals surface area contributed by atoms with Crippen LogP contribution in [0.3, 0.4) is 0 Å². The summed E-state index contributed by atoms with van der Waals surface area (Å²) < 4.78 is 3.86. The molecule has 0 spiro atoms. The molecular formula is C27H41N3O3. The molecule has 6 heteroatoms. The van der Waals surface area contributed by atoms with Crippen molar-refractivity contribution < 1.29 is 14.3 Å². The van der Waals surface area contributed by atoms with E-state index in [1.165, 1.54) is 44.9 Å². The van der Waals surface area contributed by atoms with Crippen LogP contribution in [0.4, 0.5) is 0 Å². The molecule has 0 N–H and O–H groups in total. The van der Waals surface area contributed by atoms with E-state index in [-0.39, 0.29) is 11.0 Å². The van der Waals surface area contributed by atoms with Crippen molar-refractivity contribution in [2.24, 2.45) is 23.2 Å². The molecule has 1 saturated carbocycles. The van der Waals surface area contributed by atoms with Crippen molar-refractivity contribution in [3.05, 3.63) is 29.9 Å². The molecule has 0 amide bonds. The normalized spacial score (nSPS) is 33.5. The van der Waals surface area contributed by atoms with Crippen molar-refractivity contribution in [3.8, 4) is 0 Å². The molecule has 1 aromatic rings. The van der Waals surface area contributed by atoms with E-state index >= 15 is 0 Å². The number of likely N-dealkylation sites (tertiary alicyclic amines) is 1. The molecule has 1 aliphatic heterocycles. The van der Waals surface area contributed by atoms with E-state index in [4.69, 9.17) is 9.78 Å². The minimum absolute atomic E-state index is 0.151. The molecule has 1 saturated heterocycles. The Kier molecular flexibility index (Phi) is 8.43. The second kappa shape index (κ2) is 10.9. The molecule has 4 rings (SSSR count). The van der Waals surface area contributed by atoms with Gasteiger partial charge in [0.1, 0.15) is 6.29 Å². The van der Waals surface area contributed by atoms with Gasteiger partial charge in [-0.1, -0.05) is 19.9 Å². The van der Waals surface area contributed by atoms with Crippen molar-refractivity contribution in [1.82, 2.24) is 14.9 Å². The van der Waals surface area contributed by atoms with E-state index in [0.717, 1.165) is 36.9 Å². The predicted molar refractivity (Wildman–Crippen MR) is 130 cm³/mol. The molecule has 33 heavy (non-hydrogen) atoms. The lowest BCUT2D eigenvalue weighted by atomic mass is 9.53. The first-order valence-electron chi connectivity index (χ1n) is 12.5. The van der Waals surface area contributed by atoms with Crippen LogP contribution in [0.1, 0.15) is 77.1 Å². The van der Waals surface area contributed by atoms with Gasteiger partial charge in [-0.25, -0.2) is 4.98 Å². The van der Waals surface area contributed by atoms with Crippen LogP contribution < -0.4 is 0 Å². The molecule has 0 radical (unpaired) electrons. The van der Waals surface area contributed by atoms with Crippen molar-refractivity contribution in [2.45, 2.75) is 77.7 Å². The van der Waals surface area contributed by atoms with Gasteiger partial charge in [-0.2, -0.15) is 0 Å². The quantitative estimate of drug-likeness (QED) is 0.554. The summed E-state index contributed by atoms with van der Waals surface area (Å²) in [5.41, 5.74) is 3.98. The highest BCUT2D eigenvalue weighted by Gasteiger charge is 2.55. The van der Waals surface area contributed by atoms with Crippen molar-refractivity contribution in [3.63, 3.8) is 0 Å². The average Bonchev–Trinajstić information content (AvgIpc) is 3.36. The van der Waals surface area contributed by atoms with Crippen LogP contribution in [0.2, 0.25) is 0 Å². The lowest BCUT2D eigenvalue weighted by Gasteiger charge is -2.54. The first-order chi connectivity index (χ1) is 15.9. The fourth-order valence-corrected chi connectivity index (χ4v) is 6.98.